The van der Waals surface area contributed by atoms with Crippen molar-refractivity contribution in [3.05, 3.63) is 11.3 Å². The highest BCUT2D eigenvalue weighted by atomic mass is 16.5. The highest BCUT2D eigenvalue weighted by molar-refractivity contribution is 5.89. The average Bonchev–Trinajstić information content (AvgIpc) is 2.71. The molecule has 0 aliphatic heterocycles. The van der Waals surface area contributed by atoms with Gasteiger partial charge in [-0.2, -0.15) is 0 Å². The van der Waals surface area contributed by atoms with E-state index in [0.717, 1.165) is 12.8 Å². The Balaban J connectivity index is 2.13. The lowest BCUT2D eigenvalue weighted by Crippen LogP contribution is -2.26. The molecule has 0 amide bonds. The third-order valence-corrected chi connectivity index (χ3v) is 3.98. The summed E-state index contributed by atoms with van der Waals surface area (Å²) in [5.41, 5.74) is 0.823. The number of ether oxygens (including phenoxy) is 1. The first kappa shape index (κ1) is 11.5. The first-order valence-corrected chi connectivity index (χ1v) is 6.25. The summed E-state index contributed by atoms with van der Waals surface area (Å²) in [6.45, 7) is 2.17. The molecule has 0 aromatic carbocycles. The first-order chi connectivity index (χ1) is 7.67. The quantitative estimate of drug-likeness (QED) is 0.733. The van der Waals surface area contributed by atoms with Gasteiger partial charge < -0.3 is 9.84 Å². The van der Waals surface area contributed by atoms with Gasteiger partial charge in [-0.05, 0) is 38.0 Å². The van der Waals surface area contributed by atoms with Crippen LogP contribution in [0.25, 0.3) is 0 Å². The van der Waals surface area contributed by atoms with Gasteiger partial charge in [-0.3, -0.25) is 0 Å². The molecule has 16 heavy (non-hydrogen) atoms. The number of hydrogen-bond donors (Lipinski definition) is 1. The molecule has 0 aromatic heterocycles. The van der Waals surface area contributed by atoms with E-state index < -0.39 is 0 Å². The van der Waals surface area contributed by atoms with Crippen molar-refractivity contribution in [2.75, 3.05) is 6.61 Å². The predicted octanol–water partition coefficient (Wildman–Crippen LogP) is 3.11. The van der Waals surface area contributed by atoms with Gasteiger partial charge in [-0.15, -0.1) is 0 Å². The van der Waals surface area contributed by atoms with Crippen LogP contribution < -0.4 is 0 Å². The van der Waals surface area contributed by atoms with Crippen LogP contribution in [0.15, 0.2) is 11.3 Å². The van der Waals surface area contributed by atoms with Crippen LogP contribution in [-0.4, -0.2) is 17.7 Å². The number of esters is 1. The SMILES string of the molecule is CCOC(=O)C1=C(O)CCC2(CCCC2)C1. The highest BCUT2D eigenvalue weighted by Gasteiger charge is 2.40. The molecule has 0 radical (unpaired) electrons. The van der Waals surface area contributed by atoms with E-state index in [9.17, 15) is 9.90 Å². The van der Waals surface area contributed by atoms with E-state index in [1.165, 1.54) is 25.7 Å². The molecule has 0 bridgehead atoms. The van der Waals surface area contributed by atoms with Crippen molar-refractivity contribution >= 4 is 5.97 Å². The van der Waals surface area contributed by atoms with Crippen LogP contribution >= 0.6 is 0 Å². The Bertz CT molecular complexity index is 311. The molecule has 1 fully saturated rings. The molecule has 0 saturated heterocycles. The second kappa shape index (κ2) is 4.48. The lowest BCUT2D eigenvalue weighted by molar-refractivity contribution is -0.139. The van der Waals surface area contributed by atoms with Crippen LogP contribution in [0.5, 0.6) is 0 Å². The maximum absolute atomic E-state index is 11.7. The van der Waals surface area contributed by atoms with Crippen molar-refractivity contribution in [3.8, 4) is 0 Å². The number of carbonyl (C=O) groups is 1. The van der Waals surface area contributed by atoms with Gasteiger partial charge in [-0.1, -0.05) is 12.8 Å². The van der Waals surface area contributed by atoms with Gasteiger partial charge in [-0.25, -0.2) is 4.79 Å². The molecule has 0 heterocycles. The van der Waals surface area contributed by atoms with Gasteiger partial charge in [0.25, 0.3) is 0 Å². The first-order valence-electron chi connectivity index (χ1n) is 6.25. The summed E-state index contributed by atoms with van der Waals surface area (Å²) in [6, 6.07) is 0. The number of aliphatic hydroxyl groups excluding tert-OH is 1. The molecule has 3 heteroatoms. The molecular weight excluding hydrogens is 204 g/mol. The molecule has 1 saturated carbocycles. The van der Waals surface area contributed by atoms with Crippen molar-refractivity contribution in [1.29, 1.82) is 0 Å². The summed E-state index contributed by atoms with van der Waals surface area (Å²) in [5, 5.41) is 9.79. The van der Waals surface area contributed by atoms with Gasteiger partial charge in [0, 0.05) is 6.42 Å². The zero-order valence-corrected chi connectivity index (χ0v) is 9.92. The molecule has 2 aliphatic rings. The molecule has 1 N–H and O–H groups in total. The van der Waals surface area contributed by atoms with Crippen LogP contribution in [0.3, 0.4) is 0 Å². The smallest absolute Gasteiger partial charge is 0.337 e. The topological polar surface area (TPSA) is 46.5 Å². The molecule has 90 valence electrons. The Morgan fingerprint density at radius 2 is 2.06 bits per heavy atom. The fourth-order valence-corrected chi connectivity index (χ4v) is 3.06. The van der Waals surface area contributed by atoms with Crippen LogP contribution in [0, 0.1) is 5.41 Å². The van der Waals surface area contributed by atoms with Crippen molar-refractivity contribution < 1.29 is 14.6 Å². The third-order valence-electron chi connectivity index (χ3n) is 3.98. The molecule has 1 spiro atoms. The van der Waals surface area contributed by atoms with Gasteiger partial charge in [0.2, 0.25) is 0 Å². The van der Waals surface area contributed by atoms with Crippen molar-refractivity contribution in [1.82, 2.24) is 0 Å². The van der Waals surface area contributed by atoms with Gasteiger partial charge in [0.15, 0.2) is 0 Å². The van der Waals surface area contributed by atoms with Crippen molar-refractivity contribution in [3.63, 3.8) is 0 Å². The maximum Gasteiger partial charge on any atom is 0.337 e. The van der Waals surface area contributed by atoms with Gasteiger partial charge in [0.05, 0.1) is 12.2 Å². The summed E-state index contributed by atoms with van der Waals surface area (Å²) >= 11 is 0. The van der Waals surface area contributed by atoms with Crippen LogP contribution in [0.2, 0.25) is 0 Å². The normalized spacial score (nSPS) is 23.8. The second-order valence-electron chi connectivity index (χ2n) is 5.03. The third kappa shape index (κ3) is 2.08. The van der Waals surface area contributed by atoms with E-state index >= 15 is 0 Å². The van der Waals surface area contributed by atoms with E-state index in [2.05, 4.69) is 0 Å². The average molecular weight is 224 g/mol. The maximum atomic E-state index is 11.7. The molecule has 0 atom stereocenters. The summed E-state index contributed by atoms with van der Waals surface area (Å²) in [5.74, 6) is -0.0537. The highest BCUT2D eigenvalue weighted by Crippen LogP contribution is 2.50. The Labute approximate surface area is 96.5 Å². The summed E-state index contributed by atoms with van der Waals surface area (Å²) in [7, 11) is 0. The summed E-state index contributed by atoms with van der Waals surface area (Å²) < 4.78 is 5.00. The van der Waals surface area contributed by atoms with Crippen LogP contribution in [0.1, 0.15) is 51.9 Å². The van der Waals surface area contributed by atoms with E-state index in [4.69, 9.17) is 4.74 Å². The Kier molecular flexibility index (Phi) is 3.22. The standard InChI is InChI=1S/C13H20O3/c1-2-16-12(15)10-9-13(6-3-4-7-13)8-5-11(10)14/h14H,2-9H2,1H3. The minimum atomic E-state index is -0.314. The predicted molar refractivity (Wildman–Crippen MR) is 61.0 cm³/mol. The molecular formula is C13H20O3. The molecule has 0 aromatic rings. The number of aliphatic hydroxyl groups is 1. The van der Waals surface area contributed by atoms with Gasteiger partial charge in [0.1, 0.15) is 5.76 Å². The minimum Gasteiger partial charge on any atom is -0.512 e. The lowest BCUT2D eigenvalue weighted by atomic mass is 9.72. The number of hydrogen-bond acceptors (Lipinski definition) is 3. The minimum absolute atomic E-state index is 0.260. The Morgan fingerprint density at radius 1 is 1.38 bits per heavy atom. The molecule has 3 nitrogen and oxygen atoms in total. The number of rotatable bonds is 2. The van der Waals surface area contributed by atoms with Gasteiger partial charge >= 0.3 is 5.97 Å². The zero-order valence-electron chi connectivity index (χ0n) is 9.92. The molecule has 0 unspecified atom stereocenters. The fourth-order valence-electron chi connectivity index (χ4n) is 3.06. The van der Waals surface area contributed by atoms with Crippen molar-refractivity contribution in [2.24, 2.45) is 5.41 Å². The summed E-state index contributed by atoms with van der Waals surface area (Å²) in [4.78, 5) is 11.7. The Hall–Kier alpha value is -0.990. The van der Waals surface area contributed by atoms with E-state index in [1.807, 2.05) is 0 Å². The molecule has 2 aliphatic carbocycles. The number of allylic oxidation sites excluding steroid dienone is 1. The fraction of sp³-hybridized carbons (Fsp3) is 0.769. The number of carbonyl (C=O) groups excluding carboxylic acids is 1. The van der Waals surface area contributed by atoms with E-state index in [-0.39, 0.29) is 17.1 Å². The largest absolute Gasteiger partial charge is 0.512 e. The van der Waals surface area contributed by atoms with E-state index in [0.29, 0.717) is 18.6 Å². The lowest BCUT2D eigenvalue weighted by Gasteiger charge is -2.33. The van der Waals surface area contributed by atoms with Crippen molar-refractivity contribution in [2.45, 2.75) is 51.9 Å². The Morgan fingerprint density at radius 3 is 2.69 bits per heavy atom. The monoisotopic (exact) mass is 224 g/mol. The zero-order chi connectivity index (χ0) is 11.6. The van der Waals surface area contributed by atoms with E-state index in [1.54, 1.807) is 6.92 Å². The van der Waals surface area contributed by atoms with Crippen LogP contribution in [-0.2, 0) is 9.53 Å². The summed E-state index contributed by atoms with van der Waals surface area (Å²) in [6.07, 6.45) is 7.31. The second-order valence-corrected chi connectivity index (χ2v) is 5.03. The molecule has 2 rings (SSSR count). The van der Waals surface area contributed by atoms with Crippen LogP contribution in [0.4, 0.5) is 0 Å².